The normalized spacial score (nSPS) is 11.2. The standard InChI is InChI=1S/C14H27NO.C2H6.CH3NO/c1-11(2)7-6-8-13(16)12(10-15)9-14(3,4)5;1-2;2-1-3/h12H,1,6-10,15H2,2-5H3;1-2H3;1H,(H2,2,3). The summed E-state index contributed by atoms with van der Waals surface area (Å²) in [5.41, 5.74) is 11.2. The fraction of sp³-hybridized carbons (Fsp3) is 0.765. The van der Waals surface area contributed by atoms with Gasteiger partial charge in [0.05, 0.1) is 0 Å². The molecule has 4 nitrogen and oxygen atoms in total. The molecule has 0 heterocycles. The van der Waals surface area contributed by atoms with Crippen molar-refractivity contribution in [1.82, 2.24) is 0 Å². The van der Waals surface area contributed by atoms with Crippen LogP contribution < -0.4 is 11.5 Å². The number of primary amides is 1. The number of hydrogen-bond donors (Lipinski definition) is 2. The highest BCUT2D eigenvalue weighted by Gasteiger charge is 2.22. The Kier molecular flexibility index (Phi) is 18.0. The van der Waals surface area contributed by atoms with Crippen molar-refractivity contribution in [3.05, 3.63) is 12.2 Å². The van der Waals surface area contributed by atoms with E-state index in [0.29, 0.717) is 18.7 Å². The predicted molar refractivity (Wildman–Crippen MR) is 91.9 cm³/mol. The van der Waals surface area contributed by atoms with Gasteiger partial charge in [0.1, 0.15) is 5.78 Å². The minimum atomic E-state index is 0.0325. The lowest BCUT2D eigenvalue weighted by molar-refractivity contribution is -0.123. The molecule has 4 N–H and O–H groups in total. The van der Waals surface area contributed by atoms with E-state index in [-0.39, 0.29) is 17.7 Å². The maximum absolute atomic E-state index is 11.9. The lowest BCUT2D eigenvalue weighted by atomic mass is 9.82. The average Bonchev–Trinajstić information content (AvgIpc) is 2.37. The summed E-state index contributed by atoms with van der Waals surface area (Å²) in [4.78, 5) is 20.5. The Hall–Kier alpha value is -1.16. The van der Waals surface area contributed by atoms with E-state index in [4.69, 9.17) is 10.5 Å². The number of nitrogens with two attached hydrogens (primary N) is 2. The molecule has 0 aromatic rings. The summed E-state index contributed by atoms with van der Waals surface area (Å²) in [6.45, 7) is 16.8. The second-order valence-corrected chi connectivity index (χ2v) is 6.11. The minimum absolute atomic E-state index is 0.0325. The molecule has 0 aliphatic heterocycles. The van der Waals surface area contributed by atoms with Crippen molar-refractivity contribution in [2.24, 2.45) is 22.8 Å². The minimum Gasteiger partial charge on any atom is -0.372 e. The van der Waals surface area contributed by atoms with E-state index in [1.807, 2.05) is 20.8 Å². The number of carbonyl (C=O) groups excluding carboxylic acids is 2. The molecule has 4 heteroatoms. The quantitative estimate of drug-likeness (QED) is 0.558. The molecule has 0 saturated heterocycles. The Labute approximate surface area is 131 Å². The van der Waals surface area contributed by atoms with Crippen LogP contribution >= 0.6 is 0 Å². The van der Waals surface area contributed by atoms with Gasteiger partial charge in [-0.2, -0.15) is 0 Å². The Morgan fingerprint density at radius 3 is 1.95 bits per heavy atom. The van der Waals surface area contributed by atoms with Gasteiger partial charge >= 0.3 is 0 Å². The molecule has 0 radical (unpaired) electrons. The molecule has 0 aromatic carbocycles. The van der Waals surface area contributed by atoms with Crippen LogP contribution in [0.1, 0.15) is 67.2 Å². The second-order valence-electron chi connectivity index (χ2n) is 6.11. The van der Waals surface area contributed by atoms with Crippen LogP contribution in [-0.2, 0) is 9.59 Å². The van der Waals surface area contributed by atoms with Gasteiger partial charge in [-0.3, -0.25) is 9.59 Å². The van der Waals surface area contributed by atoms with Crippen LogP contribution in [0.4, 0.5) is 0 Å². The molecule has 1 unspecified atom stereocenters. The molecule has 0 aliphatic carbocycles. The summed E-state index contributed by atoms with van der Waals surface area (Å²) in [5.74, 6) is 0.351. The van der Waals surface area contributed by atoms with Crippen molar-refractivity contribution >= 4 is 12.2 Å². The average molecular weight is 300 g/mol. The Morgan fingerprint density at radius 2 is 1.67 bits per heavy atom. The van der Waals surface area contributed by atoms with Crippen LogP contribution in [0.3, 0.4) is 0 Å². The molecule has 0 aromatic heterocycles. The fourth-order valence-electron chi connectivity index (χ4n) is 1.84. The van der Waals surface area contributed by atoms with Crippen LogP contribution in [0, 0.1) is 11.3 Å². The van der Waals surface area contributed by atoms with Crippen molar-refractivity contribution in [3.63, 3.8) is 0 Å². The molecule has 21 heavy (non-hydrogen) atoms. The molecule has 126 valence electrons. The number of hydrogen-bond acceptors (Lipinski definition) is 3. The van der Waals surface area contributed by atoms with Crippen LogP contribution in [0.15, 0.2) is 12.2 Å². The molecule has 0 saturated carbocycles. The SMILES string of the molecule is C=C(C)CCCC(=O)C(CN)CC(C)(C)C.CC.NC=O. The van der Waals surface area contributed by atoms with Crippen LogP contribution in [-0.4, -0.2) is 18.7 Å². The van der Waals surface area contributed by atoms with E-state index in [1.165, 1.54) is 0 Å². The smallest absolute Gasteiger partial charge is 0.204 e. The van der Waals surface area contributed by atoms with E-state index in [0.717, 1.165) is 24.8 Å². The summed E-state index contributed by atoms with van der Waals surface area (Å²) in [7, 11) is 0. The zero-order valence-electron chi connectivity index (χ0n) is 14.9. The Bertz CT molecular complexity index is 281. The van der Waals surface area contributed by atoms with Crippen molar-refractivity contribution in [3.8, 4) is 0 Å². The van der Waals surface area contributed by atoms with Gasteiger partial charge in [-0.25, -0.2) is 0 Å². The zero-order valence-corrected chi connectivity index (χ0v) is 14.9. The number of allylic oxidation sites excluding steroid dienone is 1. The molecular formula is C17H36N2O2. The predicted octanol–water partition coefficient (Wildman–Crippen LogP) is 3.44. The Morgan fingerprint density at radius 1 is 1.24 bits per heavy atom. The third kappa shape index (κ3) is 21.3. The van der Waals surface area contributed by atoms with Gasteiger partial charge in [-0.1, -0.05) is 40.2 Å². The second kappa shape index (κ2) is 15.2. The van der Waals surface area contributed by atoms with Gasteiger partial charge in [0.15, 0.2) is 0 Å². The van der Waals surface area contributed by atoms with E-state index < -0.39 is 0 Å². The first kappa shape index (κ1) is 24.8. The highest BCUT2D eigenvalue weighted by atomic mass is 16.1. The maximum Gasteiger partial charge on any atom is 0.204 e. The topological polar surface area (TPSA) is 86.2 Å². The van der Waals surface area contributed by atoms with Crippen molar-refractivity contribution in [2.75, 3.05) is 6.54 Å². The molecule has 1 atom stereocenters. The van der Waals surface area contributed by atoms with E-state index >= 15 is 0 Å². The third-order valence-corrected chi connectivity index (χ3v) is 2.63. The first-order valence-electron chi connectivity index (χ1n) is 7.70. The fourth-order valence-corrected chi connectivity index (χ4v) is 1.84. The number of carbonyl (C=O) groups is 2. The van der Waals surface area contributed by atoms with Crippen LogP contribution in [0.2, 0.25) is 0 Å². The monoisotopic (exact) mass is 300 g/mol. The van der Waals surface area contributed by atoms with Crippen molar-refractivity contribution < 1.29 is 9.59 Å². The lowest BCUT2D eigenvalue weighted by Gasteiger charge is -2.24. The number of rotatable bonds is 7. The first-order chi connectivity index (χ1) is 9.67. The summed E-state index contributed by atoms with van der Waals surface area (Å²) in [5, 5.41) is 0. The highest BCUT2D eigenvalue weighted by Crippen LogP contribution is 2.25. The first-order valence-corrected chi connectivity index (χ1v) is 7.70. The van der Waals surface area contributed by atoms with Gasteiger partial charge in [0.25, 0.3) is 0 Å². The zero-order chi connectivity index (χ0) is 17.5. The molecule has 0 aliphatic rings. The van der Waals surface area contributed by atoms with Crippen LogP contribution in [0.25, 0.3) is 0 Å². The third-order valence-electron chi connectivity index (χ3n) is 2.63. The maximum atomic E-state index is 11.9. The number of Topliss-reactive ketones (excluding diaryl/α,β-unsaturated/α-hetero) is 1. The summed E-state index contributed by atoms with van der Waals surface area (Å²) >= 11 is 0. The molecule has 0 bridgehead atoms. The van der Waals surface area contributed by atoms with Gasteiger partial charge in [0.2, 0.25) is 6.41 Å². The van der Waals surface area contributed by atoms with Gasteiger partial charge in [-0.05, 0) is 31.6 Å². The molecule has 0 spiro atoms. The van der Waals surface area contributed by atoms with E-state index in [9.17, 15) is 4.79 Å². The van der Waals surface area contributed by atoms with Gasteiger partial charge in [-0.15, -0.1) is 6.58 Å². The summed E-state index contributed by atoms with van der Waals surface area (Å²) in [6.07, 6.45) is 3.63. The van der Waals surface area contributed by atoms with Gasteiger partial charge in [0, 0.05) is 18.9 Å². The van der Waals surface area contributed by atoms with Crippen LogP contribution in [0.5, 0.6) is 0 Å². The lowest BCUT2D eigenvalue weighted by Crippen LogP contribution is -2.28. The van der Waals surface area contributed by atoms with Gasteiger partial charge < -0.3 is 11.5 Å². The van der Waals surface area contributed by atoms with Crippen molar-refractivity contribution in [1.29, 1.82) is 0 Å². The highest BCUT2D eigenvalue weighted by molar-refractivity contribution is 5.81. The van der Waals surface area contributed by atoms with Crippen molar-refractivity contribution in [2.45, 2.75) is 67.2 Å². The summed E-state index contributed by atoms with van der Waals surface area (Å²) in [6, 6.07) is 0. The molecule has 0 rings (SSSR count). The number of amides is 1. The number of ketones is 1. The van der Waals surface area contributed by atoms with E-state index in [1.54, 1.807) is 0 Å². The Balaban J connectivity index is -0.000000569. The molecule has 1 amide bonds. The molecule has 0 fully saturated rings. The van der Waals surface area contributed by atoms with E-state index in [2.05, 4.69) is 33.1 Å². The largest absolute Gasteiger partial charge is 0.372 e. The molecular weight excluding hydrogens is 264 g/mol. The summed E-state index contributed by atoms with van der Waals surface area (Å²) < 4.78 is 0.